The number of thiazole rings is 1. The molecule has 0 aliphatic rings. The topological polar surface area (TPSA) is 51.2 Å². The highest BCUT2D eigenvalue weighted by atomic mass is 32.2. The van der Waals surface area contributed by atoms with E-state index in [0.29, 0.717) is 16.8 Å². The summed E-state index contributed by atoms with van der Waals surface area (Å²) in [5, 5.41) is 5.26. The minimum absolute atomic E-state index is 0.0603. The molecule has 7 heteroatoms. The van der Waals surface area contributed by atoms with Gasteiger partial charge in [0.2, 0.25) is 0 Å². The van der Waals surface area contributed by atoms with E-state index in [1.807, 2.05) is 29.6 Å². The summed E-state index contributed by atoms with van der Waals surface area (Å²) in [5.41, 5.74) is 3.20. The molecule has 0 atom stereocenters. The number of amides is 1. The Morgan fingerprint density at radius 3 is 2.55 bits per heavy atom. The van der Waals surface area contributed by atoms with Crippen LogP contribution in [0.15, 0.2) is 53.9 Å². The molecular formula is C22H23FN2O2S2. The molecule has 0 radical (unpaired) electrons. The molecule has 2 aromatic carbocycles. The summed E-state index contributed by atoms with van der Waals surface area (Å²) in [7, 11) is 0. The number of anilines is 1. The minimum Gasteiger partial charge on any atom is -0.484 e. The molecule has 0 spiro atoms. The van der Waals surface area contributed by atoms with Crippen molar-refractivity contribution in [2.24, 2.45) is 0 Å². The highest BCUT2D eigenvalue weighted by Crippen LogP contribution is 2.22. The third kappa shape index (κ3) is 6.87. The van der Waals surface area contributed by atoms with Gasteiger partial charge in [0.25, 0.3) is 5.91 Å². The van der Waals surface area contributed by atoms with Gasteiger partial charge in [-0.05, 0) is 41.3 Å². The van der Waals surface area contributed by atoms with E-state index in [0.717, 1.165) is 22.8 Å². The Balaban J connectivity index is 1.40. The summed E-state index contributed by atoms with van der Waals surface area (Å²) in [6.07, 6.45) is 0. The van der Waals surface area contributed by atoms with Crippen molar-refractivity contribution in [3.63, 3.8) is 0 Å². The first kappa shape index (κ1) is 21.3. The lowest BCUT2D eigenvalue weighted by Crippen LogP contribution is -2.20. The van der Waals surface area contributed by atoms with Crippen LogP contribution in [0, 0.1) is 5.82 Å². The van der Waals surface area contributed by atoms with Gasteiger partial charge in [0.15, 0.2) is 11.7 Å². The smallest absolute Gasteiger partial charge is 0.264 e. The maximum absolute atomic E-state index is 12.9. The van der Waals surface area contributed by atoms with Gasteiger partial charge in [-0.25, -0.2) is 9.37 Å². The van der Waals surface area contributed by atoms with Crippen molar-refractivity contribution in [2.75, 3.05) is 11.9 Å². The molecule has 29 heavy (non-hydrogen) atoms. The van der Waals surface area contributed by atoms with Crippen molar-refractivity contribution >= 4 is 34.1 Å². The Hall–Kier alpha value is -2.38. The van der Waals surface area contributed by atoms with Gasteiger partial charge in [0.05, 0.1) is 5.69 Å². The first-order valence-electron chi connectivity index (χ1n) is 9.29. The average Bonchev–Trinajstić information content (AvgIpc) is 3.15. The highest BCUT2D eigenvalue weighted by molar-refractivity contribution is 7.97. The fraction of sp³-hybridized carbons (Fsp3) is 0.273. The van der Waals surface area contributed by atoms with Gasteiger partial charge in [-0.15, -0.1) is 11.3 Å². The quantitative estimate of drug-likeness (QED) is 0.462. The number of nitrogens with zero attached hydrogens (tertiary/aromatic N) is 1. The summed E-state index contributed by atoms with van der Waals surface area (Å²) < 4.78 is 18.5. The molecule has 3 rings (SSSR count). The second-order valence-electron chi connectivity index (χ2n) is 6.82. The lowest BCUT2D eigenvalue weighted by atomic mass is 10.0. The second kappa shape index (κ2) is 10.4. The van der Waals surface area contributed by atoms with Gasteiger partial charge < -0.3 is 4.74 Å². The normalized spacial score (nSPS) is 10.9. The van der Waals surface area contributed by atoms with Gasteiger partial charge in [0, 0.05) is 16.9 Å². The number of thioether (sulfide) groups is 1. The van der Waals surface area contributed by atoms with E-state index >= 15 is 0 Å². The summed E-state index contributed by atoms with van der Waals surface area (Å²) in [6, 6.07) is 14.3. The van der Waals surface area contributed by atoms with Crippen LogP contribution in [0.1, 0.15) is 36.6 Å². The molecule has 0 saturated carbocycles. The maximum atomic E-state index is 12.9. The third-order valence-corrected chi connectivity index (χ3v) is 5.99. The van der Waals surface area contributed by atoms with Crippen molar-refractivity contribution < 1.29 is 13.9 Å². The van der Waals surface area contributed by atoms with Crippen LogP contribution >= 0.6 is 23.1 Å². The van der Waals surface area contributed by atoms with E-state index in [1.165, 1.54) is 29.0 Å². The number of carbonyl (C=O) groups is 1. The van der Waals surface area contributed by atoms with E-state index in [9.17, 15) is 9.18 Å². The zero-order chi connectivity index (χ0) is 20.6. The van der Waals surface area contributed by atoms with Gasteiger partial charge >= 0.3 is 0 Å². The Bertz CT molecular complexity index is 925. The number of benzene rings is 2. The Morgan fingerprint density at radius 2 is 1.86 bits per heavy atom. The zero-order valence-electron chi connectivity index (χ0n) is 16.4. The average molecular weight is 431 g/mol. The SMILES string of the molecule is CC(C)c1ccc(OCC(=O)Nc2nc(CSCc3ccc(F)cc3)cs2)cc1. The fourth-order valence-corrected chi connectivity index (χ4v) is 4.26. The molecule has 0 fully saturated rings. The lowest BCUT2D eigenvalue weighted by molar-refractivity contribution is -0.118. The molecule has 152 valence electrons. The summed E-state index contributed by atoms with van der Waals surface area (Å²) in [5.74, 6) is 2.17. The van der Waals surface area contributed by atoms with Gasteiger partial charge in [-0.3, -0.25) is 10.1 Å². The molecule has 1 aromatic heterocycles. The molecule has 1 N–H and O–H groups in total. The molecule has 4 nitrogen and oxygen atoms in total. The number of halogens is 1. The Morgan fingerprint density at radius 1 is 1.14 bits per heavy atom. The Labute approximate surface area is 178 Å². The van der Waals surface area contributed by atoms with E-state index in [1.54, 1.807) is 23.9 Å². The largest absolute Gasteiger partial charge is 0.484 e. The molecule has 0 aliphatic carbocycles. The molecule has 0 bridgehead atoms. The van der Waals surface area contributed by atoms with Gasteiger partial charge in [-0.1, -0.05) is 38.1 Å². The van der Waals surface area contributed by atoms with Crippen LogP contribution in [-0.2, 0) is 16.3 Å². The van der Waals surface area contributed by atoms with Crippen LogP contribution in [0.2, 0.25) is 0 Å². The third-order valence-electron chi connectivity index (χ3n) is 4.15. The number of rotatable bonds is 9. The molecule has 1 heterocycles. The Kier molecular flexibility index (Phi) is 7.66. The van der Waals surface area contributed by atoms with Crippen molar-refractivity contribution in [3.8, 4) is 5.75 Å². The maximum Gasteiger partial charge on any atom is 0.264 e. The minimum atomic E-state index is -0.238. The van der Waals surface area contributed by atoms with E-state index < -0.39 is 0 Å². The first-order chi connectivity index (χ1) is 14.0. The van der Waals surface area contributed by atoms with E-state index in [4.69, 9.17) is 4.74 Å². The van der Waals surface area contributed by atoms with Crippen molar-refractivity contribution in [2.45, 2.75) is 31.3 Å². The van der Waals surface area contributed by atoms with Crippen LogP contribution < -0.4 is 10.1 Å². The molecule has 1 amide bonds. The van der Waals surface area contributed by atoms with Gasteiger partial charge in [-0.2, -0.15) is 11.8 Å². The predicted octanol–water partition coefficient (Wildman–Crippen LogP) is 5.86. The van der Waals surface area contributed by atoms with Crippen LogP contribution in [0.25, 0.3) is 0 Å². The molecule has 0 saturated heterocycles. The second-order valence-corrected chi connectivity index (χ2v) is 8.67. The molecule has 0 aliphatic heterocycles. The monoisotopic (exact) mass is 430 g/mol. The van der Waals surface area contributed by atoms with Crippen molar-refractivity contribution in [3.05, 3.63) is 76.5 Å². The fourth-order valence-electron chi connectivity index (χ4n) is 2.54. The van der Waals surface area contributed by atoms with Crippen LogP contribution in [0.3, 0.4) is 0 Å². The summed E-state index contributed by atoms with van der Waals surface area (Å²) >= 11 is 3.08. The van der Waals surface area contributed by atoms with Crippen molar-refractivity contribution in [1.82, 2.24) is 4.98 Å². The number of hydrogen-bond acceptors (Lipinski definition) is 5. The first-order valence-corrected chi connectivity index (χ1v) is 11.3. The van der Waals surface area contributed by atoms with Crippen LogP contribution in [-0.4, -0.2) is 17.5 Å². The number of nitrogens with one attached hydrogen (secondary N) is 1. The predicted molar refractivity (Wildman–Crippen MR) is 118 cm³/mol. The number of carbonyl (C=O) groups excluding carboxylic acids is 1. The number of hydrogen-bond donors (Lipinski definition) is 1. The molecule has 0 unspecified atom stereocenters. The van der Waals surface area contributed by atoms with E-state index in [-0.39, 0.29) is 18.3 Å². The van der Waals surface area contributed by atoms with Crippen LogP contribution in [0.5, 0.6) is 5.75 Å². The summed E-state index contributed by atoms with van der Waals surface area (Å²) in [6.45, 7) is 4.20. The standard InChI is InChI=1S/C22H23FN2O2S2/c1-15(2)17-5-9-20(10-6-17)27-11-21(26)25-22-24-19(14-29-22)13-28-12-16-3-7-18(23)8-4-16/h3-10,14-15H,11-13H2,1-2H3,(H,24,25,26). The molecule has 3 aromatic rings. The van der Waals surface area contributed by atoms with Gasteiger partial charge in [0.1, 0.15) is 11.6 Å². The van der Waals surface area contributed by atoms with Crippen LogP contribution in [0.4, 0.5) is 9.52 Å². The van der Waals surface area contributed by atoms with E-state index in [2.05, 4.69) is 24.1 Å². The summed E-state index contributed by atoms with van der Waals surface area (Å²) in [4.78, 5) is 16.5. The molecular weight excluding hydrogens is 407 g/mol. The number of aromatic nitrogens is 1. The lowest BCUT2D eigenvalue weighted by Gasteiger charge is -2.08. The van der Waals surface area contributed by atoms with Crippen molar-refractivity contribution in [1.29, 1.82) is 0 Å². The zero-order valence-corrected chi connectivity index (χ0v) is 18.0. The number of ether oxygens (including phenoxy) is 1. The highest BCUT2D eigenvalue weighted by Gasteiger charge is 2.08.